The van der Waals surface area contributed by atoms with Gasteiger partial charge in [0.05, 0.1) is 23.2 Å². The number of hydrogen-bond donors (Lipinski definition) is 0. The first-order chi connectivity index (χ1) is 12.8. The number of cyclic esters (lactones) is 1. The molecule has 0 bridgehead atoms. The number of nitrogens with zero attached hydrogens (tertiary/aromatic N) is 1. The summed E-state index contributed by atoms with van der Waals surface area (Å²) in [5, 5.41) is 12.0. The molecule has 0 spiro atoms. The molecular weight excluding hydrogens is 384 g/mol. The molecule has 1 aromatic rings. The van der Waals surface area contributed by atoms with Crippen molar-refractivity contribution < 1.29 is 36.6 Å². The molecule has 2 aliphatic rings. The van der Waals surface area contributed by atoms with Crippen LogP contribution in [0.2, 0.25) is 0 Å². The Morgan fingerprint density at radius 3 is 2.48 bits per heavy atom. The first kappa shape index (κ1) is 18.8. The zero-order valence-electron chi connectivity index (χ0n) is 13.6. The van der Waals surface area contributed by atoms with Crippen LogP contribution < -0.4 is 5.11 Å². The topological polar surface area (TPSA) is 105 Å². The van der Waals surface area contributed by atoms with Crippen molar-refractivity contribution in [2.75, 3.05) is 6.61 Å². The molecule has 0 unspecified atom stereocenters. The van der Waals surface area contributed by atoms with E-state index >= 15 is 0 Å². The van der Waals surface area contributed by atoms with Crippen LogP contribution in [0.25, 0.3) is 0 Å². The summed E-state index contributed by atoms with van der Waals surface area (Å²) in [7, 11) is -4.27. The molecule has 1 aliphatic carbocycles. The maximum atomic E-state index is 13.2. The second-order valence-corrected chi connectivity index (χ2v) is 7.14. The first-order valence-corrected chi connectivity index (χ1v) is 9.11. The van der Waals surface area contributed by atoms with Gasteiger partial charge in [-0.1, -0.05) is 12.2 Å². The largest absolute Gasteiger partial charge is 0.598 e. The van der Waals surface area contributed by atoms with Gasteiger partial charge >= 0.3 is 5.97 Å². The van der Waals surface area contributed by atoms with E-state index in [1.807, 2.05) is 0 Å². The number of carbonyl (C=O) groups excluding carboxylic acids is 1. The Kier molecular flexibility index (Phi) is 5.08. The Balaban J connectivity index is 1.77. The van der Waals surface area contributed by atoms with E-state index in [9.17, 15) is 27.1 Å². The Morgan fingerprint density at radius 2 is 1.89 bits per heavy atom. The summed E-state index contributed by atoms with van der Waals surface area (Å²) >= 11 is 0. The van der Waals surface area contributed by atoms with Gasteiger partial charge < -0.3 is 14.6 Å². The molecule has 0 N–H and O–H groups in total. The van der Waals surface area contributed by atoms with Crippen LogP contribution in [-0.4, -0.2) is 32.8 Å². The number of halogens is 2. The minimum absolute atomic E-state index is 0.0310. The number of benzene rings is 1. The highest BCUT2D eigenvalue weighted by Gasteiger charge is 2.23. The van der Waals surface area contributed by atoms with Gasteiger partial charge in [-0.25, -0.2) is 8.78 Å². The number of ether oxygens (including phenoxy) is 2. The zero-order chi connectivity index (χ0) is 19.6. The lowest BCUT2D eigenvalue weighted by molar-refractivity contribution is -0.362. The maximum absolute atomic E-state index is 13.2. The normalized spacial score (nSPS) is 19.2. The van der Waals surface area contributed by atoms with E-state index in [2.05, 4.69) is 9.13 Å². The van der Waals surface area contributed by atoms with Crippen molar-refractivity contribution in [3.8, 4) is 0 Å². The molecule has 1 atom stereocenters. The monoisotopic (exact) mass is 396 g/mol. The number of sulfonamides is 1. The fraction of sp³-hybridized carbons (Fsp3) is 0.176. The van der Waals surface area contributed by atoms with Gasteiger partial charge in [0.1, 0.15) is 6.10 Å². The van der Waals surface area contributed by atoms with Crippen LogP contribution in [0.1, 0.15) is 6.42 Å². The predicted octanol–water partition coefficient (Wildman–Crippen LogP) is 1.12. The fourth-order valence-electron chi connectivity index (χ4n) is 2.27. The second-order valence-electron chi connectivity index (χ2n) is 5.54. The molecule has 0 radical (unpaired) electrons. The molecule has 0 amide bonds. The Morgan fingerprint density at radius 1 is 1.19 bits per heavy atom. The molecule has 3 rings (SSSR count). The molecule has 1 fully saturated rings. The van der Waals surface area contributed by atoms with Gasteiger partial charge in [0.2, 0.25) is 0 Å². The van der Waals surface area contributed by atoms with Crippen LogP contribution >= 0.6 is 0 Å². The highest BCUT2D eigenvalue weighted by Crippen LogP contribution is 2.19. The van der Waals surface area contributed by atoms with E-state index < -0.39 is 44.6 Å². The van der Waals surface area contributed by atoms with Crippen molar-refractivity contribution in [1.82, 2.24) is 0 Å². The van der Waals surface area contributed by atoms with Crippen LogP contribution in [0, 0.1) is 11.6 Å². The summed E-state index contributed by atoms with van der Waals surface area (Å²) in [6, 6.07) is 2.11. The molecular formula is C17H12F2NO6S-. The third-order valence-corrected chi connectivity index (χ3v) is 4.95. The van der Waals surface area contributed by atoms with Crippen LogP contribution in [0.4, 0.5) is 8.78 Å². The highest BCUT2D eigenvalue weighted by molar-refractivity contribution is 7.90. The van der Waals surface area contributed by atoms with Gasteiger partial charge in [-0.2, -0.15) is 12.8 Å². The molecule has 10 heteroatoms. The van der Waals surface area contributed by atoms with Gasteiger partial charge in [-0.05, 0) is 35.9 Å². The van der Waals surface area contributed by atoms with Crippen molar-refractivity contribution in [3.05, 3.63) is 65.7 Å². The molecule has 1 aliphatic heterocycles. The van der Waals surface area contributed by atoms with E-state index in [-0.39, 0.29) is 24.3 Å². The van der Waals surface area contributed by atoms with Crippen molar-refractivity contribution in [2.24, 2.45) is 4.40 Å². The average Bonchev–Trinajstić information content (AvgIpc) is 3.02. The molecule has 27 heavy (non-hydrogen) atoms. The van der Waals surface area contributed by atoms with Gasteiger partial charge in [0.25, 0.3) is 10.0 Å². The summed E-state index contributed by atoms with van der Waals surface area (Å²) in [5.74, 6) is -3.88. The Hall–Kier alpha value is -3.01. The Bertz CT molecular complexity index is 992. The van der Waals surface area contributed by atoms with Gasteiger partial charge in [-0.15, -0.1) is 0 Å². The quantitative estimate of drug-likeness (QED) is 0.558. The zero-order valence-corrected chi connectivity index (χ0v) is 14.4. The summed E-state index contributed by atoms with van der Waals surface area (Å²) in [4.78, 5) is 10.8. The molecule has 0 saturated carbocycles. The smallest absolute Gasteiger partial charge is 0.319 e. The van der Waals surface area contributed by atoms with E-state index in [0.717, 1.165) is 6.07 Å². The van der Waals surface area contributed by atoms with Crippen LogP contribution in [-0.2, 0) is 24.3 Å². The van der Waals surface area contributed by atoms with Crippen LogP contribution in [0.15, 0.2) is 63.3 Å². The summed E-state index contributed by atoms with van der Waals surface area (Å²) in [6.07, 6.45) is 4.31. The predicted molar refractivity (Wildman–Crippen MR) is 86.7 cm³/mol. The van der Waals surface area contributed by atoms with Crippen molar-refractivity contribution in [1.29, 1.82) is 0 Å². The van der Waals surface area contributed by atoms with Crippen molar-refractivity contribution in [3.63, 3.8) is 0 Å². The molecule has 1 saturated heterocycles. The van der Waals surface area contributed by atoms with Crippen LogP contribution in [0.5, 0.6) is 0 Å². The number of hydrogen-bond acceptors (Lipinski definition) is 6. The summed E-state index contributed by atoms with van der Waals surface area (Å²) in [6.45, 7) is 0.177. The van der Waals surface area contributed by atoms with E-state index in [1.54, 1.807) is 0 Å². The molecule has 1 heterocycles. The highest BCUT2D eigenvalue weighted by atomic mass is 32.2. The SMILES string of the molecule is O=C1OCC[C@@H]1OC([O-])=C1C=CC(=NS(=O)(=O)c2ccc(F)c(F)c2)C=C1. The molecule has 7 nitrogen and oxygen atoms in total. The third kappa shape index (κ3) is 4.22. The van der Waals surface area contributed by atoms with Gasteiger partial charge in [-0.3, -0.25) is 4.79 Å². The first-order valence-electron chi connectivity index (χ1n) is 7.67. The molecule has 142 valence electrons. The third-order valence-electron chi connectivity index (χ3n) is 3.65. The van der Waals surface area contributed by atoms with Crippen molar-refractivity contribution >= 4 is 21.7 Å². The second kappa shape index (κ2) is 7.31. The maximum Gasteiger partial charge on any atom is 0.319 e. The standard InChI is InChI=1S/C17H13F2NO6S/c18-13-6-5-12(9-14(13)19)27(23,24)20-11-3-1-10(2-4-11)16(21)26-15-7-8-25-17(15)22/h1-6,9,15,21H,7-8H2/p-1/t15-/m0/s1. The molecule has 0 aromatic heterocycles. The lowest BCUT2D eigenvalue weighted by atomic mass is 10.1. The van der Waals surface area contributed by atoms with E-state index in [0.29, 0.717) is 12.1 Å². The van der Waals surface area contributed by atoms with Gasteiger partial charge in [0, 0.05) is 6.42 Å². The van der Waals surface area contributed by atoms with E-state index in [4.69, 9.17) is 4.74 Å². The number of esters is 1. The minimum atomic E-state index is -4.27. The lowest BCUT2D eigenvalue weighted by Gasteiger charge is -2.21. The summed E-state index contributed by atoms with van der Waals surface area (Å²) < 4.78 is 63.6. The fourth-order valence-corrected chi connectivity index (χ4v) is 3.27. The Labute approximate surface area is 153 Å². The van der Waals surface area contributed by atoms with Gasteiger partial charge in [0.15, 0.2) is 11.6 Å². The van der Waals surface area contributed by atoms with E-state index in [1.165, 1.54) is 24.3 Å². The number of carbonyl (C=O) groups is 1. The van der Waals surface area contributed by atoms with Crippen LogP contribution in [0.3, 0.4) is 0 Å². The summed E-state index contributed by atoms with van der Waals surface area (Å²) in [5.41, 5.74) is 0.0513. The minimum Gasteiger partial charge on any atom is -0.598 e. The number of rotatable bonds is 4. The molecule has 1 aromatic carbocycles. The lowest BCUT2D eigenvalue weighted by Crippen LogP contribution is -2.23. The van der Waals surface area contributed by atoms with Crippen molar-refractivity contribution in [2.45, 2.75) is 17.4 Å². The number of allylic oxidation sites excluding steroid dienone is 5. The average molecular weight is 396 g/mol.